The molecule has 1 aromatic heterocycles. The summed E-state index contributed by atoms with van der Waals surface area (Å²) in [4.78, 5) is 38.0. The van der Waals surface area contributed by atoms with E-state index in [1.807, 2.05) is 42.7 Å². The molecule has 9 heteroatoms. The lowest BCUT2D eigenvalue weighted by Crippen LogP contribution is -2.43. The summed E-state index contributed by atoms with van der Waals surface area (Å²) in [6.45, 7) is 0.0800. The average molecular weight is 520 g/mol. The number of para-hydroxylation sites is 1. The number of benzene rings is 3. The minimum Gasteiger partial charge on any atom is -0.460 e. The highest BCUT2D eigenvalue weighted by atomic mass is 32.2. The molecule has 1 heterocycles. The molecule has 190 valence electrons. The summed E-state index contributed by atoms with van der Waals surface area (Å²) in [7, 11) is 0. The second-order valence-corrected chi connectivity index (χ2v) is 8.95. The lowest BCUT2D eigenvalue weighted by atomic mass is 10.2. The van der Waals surface area contributed by atoms with Crippen molar-refractivity contribution in [3.8, 4) is 17.2 Å². The van der Waals surface area contributed by atoms with Crippen molar-refractivity contribution in [1.29, 1.82) is 0 Å². The van der Waals surface area contributed by atoms with Gasteiger partial charge < -0.3 is 23.9 Å². The monoisotopic (exact) mass is 519 g/mol. The van der Waals surface area contributed by atoms with Crippen molar-refractivity contribution >= 4 is 34.8 Å². The number of alkyl carbamates (subject to hydrolysis) is 1. The molecular formula is C28H25NO7S. The van der Waals surface area contributed by atoms with E-state index >= 15 is 0 Å². The molecule has 0 saturated carbocycles. The van der Waals surface area contributed by atoms with Crippen LogP contribution in [0.4, 0.5) is 4.79 Å². The molecule has 0 spiro atoms. The van der Waals surface area contributed by atoms with Gasteiger partial charge in [0.05, 0.1) is 5.39 Å². The fourth-order valence-electron chi connectivity index (χ4n) is 3.42. The van der Waals surface area contributed by atoms with Crippen LogP contribution in [0.3, 0.4) is 0 Å². The highest BCUT2D eigenvalue weighted by Crippen LogP contribution is 2.24. The van der Waals surface area contributed by atoms with E-state index in [1.165, 1.54) is 36.2 Å². The summed E-state index contributed by atoms with van der Waals surface area (Å²) in [6, 6.07) is 21.6. The Hall–Kier alpha value is -4.24. The van der Waals surface area contributed by atoms with Crippen LogP contribution in [0.2, 0.25) is 0 Å². The van der Waals surface area contributed by atoms with E-state index in [1.54, 1.807) is 24.3 Å². The highest BCUT2D eigenvalue weighted by molar-refractivity contribution is 7.98. The van der Waals surface area contributed by atoms with Gasteiger partial charge in [-0.15, -0.1) is 0 Å². The van der Waals surface area contributed by atoms with E-state index in [9.17, 15) is 14.4 Å². The second kappa shape index (κ2) is 12.6. The van der Waals surface area contributed by atoms with Gasteiger partial charge in [0.2, 0.25) is 11.2 Å². The topological polar surface area (TPSA) is 104 Å². The quantitative estimate of drug-likeness (QED) is 0.215. The predicted molar refractivity (Wildman–Crippen MR) is 141 cm³/mol. The van der Waals surface area contributed by atoms with Crippen molar-refractivity contribution in [2.75, 3.05) is 12.0 Å². The molecule has 4 rings (SSSR count). The van der Waals surface area contributed by atoms with Gasteiger partial charge in [0.25, 0.3) is 0 Å². The number of carbonyl (C=O) groups is 2. The molecule has 1 N–H and O–H groups in total. The van der Waals surface area contributed by atoms with Gasteiger partial charge in [-0.25, -0.2) is 9.59 Å². The molecule has 8 nitrogen and oxygen atoms in total. The van der Waals surface area contributed by atoms with Crippen LogP contribution in [-0.2, 0) is 16.1 Å². The van der Waals surface area contributed by atoms with E-state index < -0.39 is 18.1 Å². The van der Waals surface area contributed by atoms with Crippen LogP contribution in [0.15, 0.2) is 94.3 Å². The highest BCUT2D eigenvalue weighted by Gasteiger charge is 2.24. The number of thioether (sulfide) groups is 1. The van der Waals surface area contributed by atoms with Gasteiger partial charge in [-0.1, -0.05) is 48.5 Å². The molecule has 0 aliphatic rings. The van der Waals surface area contributed by atoms with Crippen molar-refractivity contribution in [2.45, 2.75) is 19.1 Å². The first-order valence-electron chi connectivity index (χ1n) is 11.5. The molecule has 0 aliphatic heterocycles. The number of rotatable bonds is 10. The fraction of sp³-hybridized carbons (Fsp3) is 0.179. The Bertz CT molecular complexity index is 1410. The molecule has 1 atom stereocenters. The van der Waals surface area contributed by atoms with E-state index in [4.69, 9.17) is 18.6 Å². The molecule has 0 saturated heterocycles. The molecular weight excluding hydrogens is 494 g/mol. The van der Waals surface area contributed by atoms with Crippen molar-refractivity contribution in [3.63, 3.8) is 0 Å². The Labute approximate surface area is 217 Å². The summed E-state index contributed by atoms with van der Waals surface area (Å²) < 4.78 is 21.9. The van der Waals surface area contributed by atoms with Gasteiger partial charge in [0.15, 0.2) is 0 Å². The van der Waals surface area contributed by atoms with Crippen LogP contribution >= 0.6 is 11.8 Å². The molecule has 1 amide bonds. The largest absolute Gasteiger partial charge is 0.460 e. The number of hydrogen-bond donors (Lipinski definition) is 1. The van der Waals surface area contributed by atoms with Crippen molar-refractivity contribution < 1.29 is 28.2 Å². The summed E-state index contributed by atoms with van der Waals surface area (Å²) in [5.41, 5.74) is 0.700. The first-order valence-corrected chi connectivity index (χ1v) is 12.9. The van der Waals surface area contributed by atoms with Crippen LogP contribution in [-0.4, -0.2) is 30.1 Å². The lowest BCUT2D eigenvalue weighted by Gasteiger charge is -2.17. The molecule has 0 aliphatic carbocycles. The van der Waals surface area contributed by atoms with Gasteiger partial charge in [-0.2, -0.15) is 11.8 Å². The second-order valence-electron chi connectivity index (χ2n) is 7.96. The molecule has 4 aromatic rings. The molecule has 0 fully saturated rings. The Morgan fingerprint density at radius 3 is 2.43 bits per heavy atom. The van der Waals surface area contributed by atoms with E-state index in [0.29, 0.717) is 17.9 Å². The molecule has 0 radical (unpaired) electrons. The number of amides is 1. The van der Waals surface area contributed by atoms with Crippen LogP contribution in [0.25, 0.3) is 11.0 Å². The van der Waals surface area contributed by atoms with Gasteiger partial charge in [-0.3, -0.25) is 4.79 Å². The van der Waals surface area contributed by atoms with E-state index in [0.717, 1.165) is 5.56 Å². The minimum absolute atomic E-state index is 0.0405. The molecule has 0 unspecified atom stereocenters. The standard InChI is InChI=1S/C28H25NO7S/c1-37-15-14-23(29-28(32)34-17-19-8-4-2-5-9-19)27(31)36-21-12-13-22-24(16-21)33-18-25(26(22)30)35-20-10-6-3-7-11-20/h2-13,16,18,23H,14-15,17H2,1H3,(H,29,32)/t23-/m1/s1. The number of nitrogens with one attached hydrogen (secondary N) is 1. The summed E-state index contributed by atoms with van der Waals surface area (Å²) >= 11 is 1.53. The van der Waals surface area contributed by atoms with E-state index in [2.05, 4.69) is 5.32 Å². The minimum atomic E-state index is -0.917. The first-order chi connectivity index (χ1) is 18.0. The lowest BCUT2D eigenvalue weighted by molar-refractivity contribution is -0.136. The third-order valence-corrected chi connectivity index (χ3v) is 5.95. The zero-order valence-corrected chi connectivity index (χ0v) is 20.9. The van der Waals surface area contributed by atoms with Gasteiger partial charge in [0.1, 0.15) is 36.0 Å². The summed E-state index contributed by atoms with van der Waals surface area (Å²) in [5.74, 6) is 0.683. The van der Waals surface area contributed by atoms with E-state index in [-0.39, 0.29) is 34.5 Å². The van der Waals surface area contributed by atoms with Crippen LogP contribution in [0.5, 0.6) is 17.2 Å². The maximum Gasteiger partial charge on any atom is 0.408 e. The van der Waals surface area contributed by atoms with Gasteiger partial charge in [0, 0.05) is 6.07 Å². The number of ether oxygens (including phenoxy) is 3. The molecule has 0 bridgehead atoms. The third kappa shape index (κ3) is 7.14. The fourth-order valence-corrected chi connectivity index (χ4v) is 3.89. The first kappa shape index (κ1) is 25.8. The smallest absolute Gasteiger partial charge is 0.408 e. The normalized spacial score (nSPS) is 11.5. The molecule has 3 aromatic carbocycles. The van der Waals surface area contributed by atoms with Crippen LogP contribution in [0, 0.1) is 0 Å². The van der Waals surface area contributed by atoms with Gasteiger partial charge >= 0.3 is 12.1 Å². The van der Waals surface area contributed by atoms with Crippen molar-refractivity contribution in [1.82, 2.24) is 5.32 Å². The summed E-state index contributed by atoms with van der Waals surface area (Å²) in [6.07, 6.45) is 2.75. The maximum absolute atomic E-state index is 12.9. The zero-order valence-electron chi connectivity index (χ0n) is 20.0. The Balaban J connectivity index is 1.43. The summed E-state index contributed by atoms with van der Waals surface area (Å²) in [5, 5.41) is 2.85. The Morgan fingerprint density at radius 2 is 1.70 bits per heavy atom. The SMILES string of the molecule is CSCC[C@@H](NC(=O)OCc1ccccc1)C(=O)Oc1ccc2c(=O)c(Oc3ccccc3)coc2c1. The average Bonchev–Trinajstić information content (AvgIpc) is 2.92. The third-order valence-electron chi connectivity index (χ3n) is 5.30. The Morgan fingerprint density at radius 1 is 0.973 bits per heavy atom. The van der Waals surface area contributed by atoms with Crippen molar-refractivity contribution in [3.05, 3.63) is 101 Å². The number of esters is 1. The van der Waals surface area contributed by atoms with Crippen LogP contribution in [0.1, 0.15) is 12.0 Å². The maximum atomic E-state index is 12.9. The van der Waals surface area contributed by atoms with Crippen molar-refractivity contribution in [2.24, 2.45) is 0 Å². The van der Waals surface area contributed by atoms with Gasteiger partial charge in [-0.05, 0) is 48.3 Å². The number of hydrogen-bond acceptors (Lipinski definition) is 8. The number of fused-ring (bicyclic) bond motifs is 1. The number of carbonyl (C=O) groups excluding carboxylic acids is 2. The zero-order chi connectivity index (χ0) is 26.0. The van der Waals surface area contributed by atoms with Crippen LogP contribution < -0.4 is 20.2 Å². The predicted octanol–water partition coefficient (Wildman–Crippen LogP) is 5.54. The Kier molecular flexibility index (Phi) is 8.83. The molecule has 37 heavy (non-hydrogen) atoms.